The van der Waals surface area contributed by atoms with E-state index in [-0.39, 0.29) is 0 Å². The van der Waals surface area contributed by atoms with E-state index >= 15 is 0 Å². The van der Waals surface area contributed by atoms with Gasteiger partial charge in [0, 0.05) is 56.1 Å². The first-order valence-corrected chi connectivity index (χ1v) is 11.7. The van der Waals surface area contributed by atoms with Crippen LogP contribution in [-0.4, -0.2) is 58.6 Å². The molecule has 176 valence electrons. The largest absolute Gasteiger partial charge is 0.486 e. The van der Waals surface area contributed by atoms with Crippen LogP contribution in [0, 0.1) is 0 Å². The van der Waals surface area contributed by atoms with Gasteiger partial charge in [-0.1, -0.05) is 18.2 Å². The third-order valence-electron chi connectivity index (χ3n) is 5.92. The topological polar surface area (TPSA) is 87.9 Å². The molecule has 1 N–H and O–H groups in total. The molecule has 0 unspecified atom stereocenters. The lowest BCUT2D eigenvalue weighted by Crippen LogP contribution is -2.35. The molecule has 1 aliphatic rings. The third kappa shape index (κ3) is 4.96. The standard InChI is InChI=1S/C27H27N7O/c1-3-34-14-6-13-30-33-25(34)18-35-22-9-4-7-19(15-22)20-10-11-24-23(16-20)27(28-2)32-26(31-24)21-8-5-12-29-17-21/h4-5,7-13,15-17H,3,6,14,18H2,1-2H3,(H,28,31,32). The van der Waals surface area contributed by atoms with E-state index < -0.39 is 0 Å². The van der Waals surface area contributed by atoms with Gasteiger partial charge >= 0.3 is 0 Å². The number of fused-ring (bicyclic) bond motifs is 1. The number of likely N-dealkylation sites (N-methyl/N-ethyl adjacent to an activating group) is 1. The van der Waals surface area contributed by atoms with Crippen molar-refractivity contribution in [3.05, 3.63) is 67.0 Å². The van der Waals surface area contributed by atoms with Gasteiger partial charge in [0.1, 0.15) is 18.2 Å². The van der Waals surface area contributed by atoms with Crippen LogP contribution in [0.2, 0.25) is 0 Å². The Morgan fingerprint density at radius 2 is 1.89 bits per heavy atom. The molecule has 1 aliphatic heterocycles. The maximum absolute atomic E-state index is 6.10. The lowest BCUT2D eigenvalue weighted by Gasteiger charge is -2.22. The molecule has 35 heavy (non-hydrogen) atoms. The number of benzene rings is 2. The van der Waals surface area contributed by atoms with E-state index in [1.165, 1.54) is 0 Å². The highest BCUT2D eigenvalue weighted by Gasteiger charge is 2.13. The van der Waals surface area contributed by atoms with Crippen LogP contribution in [0.3, 0.4) is 0 Å². The van der Waals surface area contributed by atoms with Crippen molar-refractivity contribution < 1.29 is 4.74 Å². The van der Waals surface area contributed by atoms with Crippen molar-refractivity contribution in [3.63, 3.8) is 0 Å². The van der Waals surface area contributed by atoms with E-state index in [1.54, 1.807) is 12.4 Å². The molecule has 0 atom stereocenters. The van der Waals surface area contributed by atoms with Crippen molar-refractivity contribution in [1.29, 1.82) is 0 Å². The summed E-state index contributed by atoms with van der Waals surface area (Å²) in [5.41, 5.74) is 3.86. The highest BCUT2D eigenvalue weighted by molar-refractivity contribution is 5.94. The molecule has 2 aromatic heterocycles. The Kier molecular flexibility index (Phi) is 6.61. The smallest absolute Gasteiger partial charge is 0.165 e. The minimum absolute atomic E-state index is 0.376. The number of hydrogen-bond donors (Lipinski definition) is 1. The van der Waals surface area contributed by atoms with Crippen molar-refractivity contribution in [2.24, 2.45) is 10.2 Å². The Labute approximate surface area is 204 Å². The number of hydrogen-bond acceptors (Lipinski definition) is 8. The second kappa shape index (κ2) is 10.3. The van der Waals surface area contributed by atoms with Gasteiger partial charge in [0.05, 0.1) is 5.52 Å². The first kappa shape index (κ1) is 22.5. The van der Waals surface area contributed by atoms with Crippen LogP contribution in [0.4, 0.5) is 5.82 Å². The van der Waals surface area contributed by atoms with Crippen LogP contribution >= 0.6 is 0 Å². The summed E-state index contributed by atoms with van der Waals surface area (Å²) in [6, 6.07) is 18.1. The predicted octanol–water partition coefficient (Wildman–Crippen LogP) is 4.89. The molecule has 8 heteroatoms. The number of ether oxygens (including phenoxy) is 1. The molecule has 0 spiro atoms. The monoisotopic (exact) mass is 465 g/mol. The Morgan fingerprint density at radius 3 is 2.71 bits per heavy atom. The minimum atomic E-state index is 0.376. The zero-order valence-corrected chi connectivity index (χ0v) is 19.8. The highest BCUT2D eigenvalue weighted by atomic mass is 16.5. The normalized spacial score (nSPS) is 13.4. The number of amidine groups is 1. The summed E-state index contributed by atoms with van der Waals surface area (Å²) < 4.78 is 6.10. The Bertz CT molecular complexity index is 1390. The summed E-state index contributed by atoms with van der Waals surface area (Å²) >= 11 is 0. The van der Waals surface area contributed by atoms with E-state index in [9.17, 15) is 0 Å². The summed E-state index contributed by atoms with van der Waals surface area (Å²) in [7, 11) is 1.87. The Balaban J connectivity index is 1.42. The Morgan fingerprint density at radius 1 is 1.00 bits per heavy atom. The zero-order valence-electron chi connectivity index (χ0n) is 19.8. The van der Waals surface area contributed by atoms with Crippen molar-refractivity contribution >= 4 is 28.8 Å². The van der Waals surface area contributed by atoms with Crippen LogP contribution in [0.1, 0.15) is 13.3 Å². The van der Waals surface area contributed by atoms with Gasteiger partial charge < -0.3 is 15.0 Å². The van der Waals surface area contributed by atoms with Gasteiger partial charge in [-0.25, -0.2) is 9.97 Å². The maximum atomic E-state index is 6.10. The molecule has 0 amide bonds. The SMILES string of the molecule is CCN1CCC=NN=C1COc1cccc(-c2ccc3nc(-c4cccnc4)nc(NC)c3c2)c1. The number of aromatic nitrogens is 3. The fourth-order valence-electron chi connectivity index (χ4n) is 4.07. The van der Waals surface area contributed by atoms with Gasteiger partial charge in [-0.15, -0.1) is 5.10 Å². The van der Waals surface area contributed by atoms with Gasteiger partial charge in [0.25, 0.3) is 0 Å². The van der Waals surface area contributed by atoms with Gasteiger partial charge in [0.2, 0.25) is 0 Å². The van der Waals surface area contributed by atoms with Crippen molar-refractivity contribution in [2.75, 3.05) is 32.1 Å². The number of anilines is 1. The molecular formula is C27H27N7O. The van der Waals surface area contributed by atoms with Crippen molar-refractivity contribution in [3.8, 4) is 28.3 Å². The molecule has 0 fully saturated rings. The quantitative estimate of drug-likeness (QED) is 0.418. The van der Waals surface area contributed by atoms with Gasteiger partial charge in [0.15, 0.2) is 11.7 Å². The average Bonchev–Trinajstić information content (AvgIpc) is 3.16. The van der Waals surface area contributed by atoms with Crippen LogP contribution < -0.4 is 10.1 Å². The maximum Gasteiger partial charge on any atom is 0.165 e. The summed E-state index contributed by atoms with van der Waals surface area (Å²) in [4.78, 5) is 15.9. The molecule has 4 aromatic rings. The predicted molar refractivity (Wildman–Crippen MR) is 141 cm³/mol. The van der Waals surface area contributed by atoms with E-state index in [0.717, 1.165) is 64.5 Å². The Hall–Kier alpha value is -4.33. The van der Waals surface area contributed by atoms with E-state index in [4.69, 9.17) is 14.7 Å². The lowest BCUT2D eigenvalue weighted by molar-refractivity contribution is 0.342. The second-order valence-electron chi connectivity index (χ2n) is 8.12. The molecule has 0 saturated heterocycles. The summed E-state index contributed by atoms with van der Waals surface area (Å²) in [5, 5.41) is 12.6. The van der Waals surface area contributed by atoms with Crippen LogP contribution in [-0.2, 0) is 0 Å². The van der Waals surface area contributed by atoms with Gasteiger partial charge in [-0.2, -0.15) is 5.10 Å². The molecule has 8 nitrogen and oxygen atoms in total. The number of nitrogens with zero attached hydrogens (tertiary/aromatic N) is 6. The molecule has 2 aromatic carbocycles. The average molecular weight is 466 g/mol. The van der Waals surface area contributed by atoms with Gasteiger partial charge in [-0.3, -0.25) is 4.98 Å². The lowest BCUT2D eigenvalue weighted by atomic mass is 10.0. The fourth-order valence-corrected chi connectivity index (χ4v) is 4.07. The van der Waals surface area contributed by atoms with E-state index in [2.05, 4.69) is 50.5 Å². The first-order valence-electron chi connectivity index (χ1n) is 11.7. The highest BCUT2D eigenvalue weighted by Crippen LogP contribution is 2.30. The molecule has 0 aliphatic carbocycles. The van der Waals surface area contributed by atoms with Gasteiger partial charge in [-0.05, 0) is 54.4 Å². The summed E-state index contributed by atoms with van der Waals surface area (Å²) in [6.45, 7) is 4.27. The molecule has 3 heterocycles. The zero-order chi connectivity index (χ0) is 24.0. The minimum Gasteiger partial charge on any atom is -0.486 e. The van der Waals surface area contributed by atoms with Crippen LogP contribution in [0.5, 0.6) is 5.75 Å². The second-order valence-corrected chi connectivity index (χ2v) is 8.12. The summed E-state index contributed by atoms with van der Waals surface area (Å²) in [5.74, 6) is 3.05. The summed E-state index contributed by atoms with van der Waals surface area (Å²) in [6.07, 6.45) is 6.25. The molecule has 0 bridgehead atoms. The third-order valence-corrected chi connectivity index (χ3v) is 5.92. The van der Waals surface area contributed by atoms with Crippen molar-refractivity contribution in [1.82, 2.24) is 19.9 Å². The molecule has 0 saturated carbocycles. The number of pyridine rings is 1. The van der Waals surface area contributed by atoms with E-state index in [0.29, 0.717) is 12.4 Å². The van der Waals surface area contributed by atoms with Crippen LogP contribution in [0.15, 0.2) is 77.2 Å². The number of nitrogens with one attached hydrogen (secondary N) is 1. The molecule has 0 radical (unpaired) electrons. The molecular weight excluding hydrogens is 438 g/mol. The van der Waals surface area contributed by atoms with Crippen LogP contribution in [0.25, 0.3) is 33.4 Å². The van der Waals surface area contributed by atoms with E-state index in [1.807, 2.05) is 49.7 Å². The molecule has 5 rings (SSSR count). The van der Waals surface area contributed by atoms with Crippen molar-refractivity contribution in [2.45, 2.75) is 13.3 Å². The fraction of sp³-hybridized carbons (Fsp3) is 0.222. The first-order chi connectivity index (χ1) is 17.2. The number of rotatable bonds is 7.